The molecule has 1 amide bonds. The van der Waals surface area contributed by atoms with Crippen LogP contribution in [0.2, 0.25) is 0 Å². The zero-order valence-electron chi connectivity index (χ0n) is 15.8. The van der Waals surface area contributed by atoms with E-state index in [9.17, 15) is 9.59 Å². The molecule has 0 saturated heterocycles. The first kappa shape index (κ1) is 20.2. The monoisotopic (exact) mass is 454 g/mol. The third kappa shape index (κ3) is 4.46. The third-order valence-electron chi connectivity index (χ3n) is 4.35. The lowest BCUT2D eigenvalue weighted by atomic mass is 10.1. The van der Waals surface area contributed by atoms with Crippen molar-refractivity contribution in [3.05, 3.63) is 80.8 Å². The summed E-state index contributed by atoms with van der Waals surface area (Å²) in [4.78, 5) is 30.8. The van der Waals surface area contributed by atoms with Crippen LogP contribution in [0.3, 0.4) is 0 Å². The Bertz CT molecular complexity index is 1070. The summed E-state index contributed by atoms with van der Waals surface area (Å²) in [7, 11) is 0. The normalized spacial score (nSPS) is 11.0. The van der Waals surface area contributed by atoms with Crippen LogP contribution in [0.4, 0.5) is 10.8 Å². The van der Waals surface area contributed by atoms with E-state index in [0.29, 0.717) is 16.4 Å². The smallest absolute Gasteiger partial charge is 0.230 e. The van der Waals surface area contributed by atoms with Crippen molar-refractivity contribution in [1.29, 1.82) is 0 Å². The van der Waals surface area contributed by atoms with E-state index in [0.717, 1.165) is 21.3 Å². The number of aromatic nitrogens is 1. The number of nitrogens with zero attached hydrogens (tertiary/aromatic N) is 2. The minimum absolute atomic E-state index is 0.103. The molecule has 6 heteroatoms. The number of amides is 1. The molecule has 0 unspecified atom stereocenters. The van der Waals surface area contributed by atoms with Crippen molar-refractivity contribution >= 4 is 55.9 Å². The highest BCUT2D eigenvalue weighted by Crippen LogP contribution is 2.32. The zero-order chi connectivity index (χ0) is 20.3. The first-order chi connectivity index (χ1) is 13.4. The zero-order valence-corrected chi connectivity index (χ0v) is 18.2. The minimum Gasteiger partial charge on any atom is -0.289 e. The van der Waals surface area contributed by atoms with E-state index in [2.05, 4.69) is 20.9 Å². The molecule has 3 rings (SSSR count). The molecule has 0 saturated carbocycles. The Balaban J connectivity index is 1.86. The van der Waals surface area contributed by atoms with Crippen molar-refractivity contribution in [2.24, 2.45) is 0 Å². The topological polar surface area (TPSA) is 50.3 Å². The molecule has 0 spiro atoms. The summed E-state index contributed by atoms with van der Waals surface area (Å²) >= 11 is 4.74. The van der Waals surface area contributed by atoms with Gasteiger partial charge in [-0.15, -0.1) is 11.3 Å². The number of halogens is 1. The molecule has 0 bridgehead atoms. The van der Waals surface area contributed by atoms with Gasteiger partial charge in [0.1, 0.15) is 0 Å². The van der Waals surface area contributed by atoms with E-state index in [1.54, 1.807) is 23.1 Å². The maximum absolute atomic E-state index is 12.3. The molecule has 28 heavy (non-hydrogen) atoms. The Morgan fingerprint density at radius 2 is 1.89 bits per heavy atom. The van der Waals surface area contributed by atoms with Crippen molar-refractivity contribution in [3.63, 3.8) is 0 Å². The molecule has 0 radical (unpaired) electrons. The molecule has 142 valence electrons. The highest BCUT2D eigenvalue weighted by Gasteiger charge is 2.19. The Hall–Kier alpha value is -2.57. The first-order valence-corrected chi connectivity index (χ1v) is 10.3. The summed E-state index contributed by atoms with van der Waals surface area (Å²) in [5, 5.41) is 2.41. The predicted molar refractivity (Wildman–Crippen MR) is 118 cm³/mol. The van der Waals surface area contributed by atoms with E-state index in [-0.39, 0.29) is 11.7 Å². The van der Waals surface area contributed by atoms with Crippen LogP contribution in [0.5, 0.6) is 0 Å². The Kier molecular flexibility index (Phi) is 6.21. The molecular formula is C22H19BrN2O2S. The van der Waals surface area contributed by atoms with E-state index < -0.39 is 0 Å². The molecule has 1 heterocycles. The van der Waals surface area contributed by atoms with Gasteiger partial charge in [0, 0.05) is 22.3 Å². The van der Waals surface area contributed by atoms with Gasteiger partial charge in [0.25, 0.3) is 0 Å². The maximum atomic E-state index is 12.3. The van der Waals surface area contributed by atoms with Crippen molar-refractivity contribution in [2.45, 2.75) is 20.8 Å². The van der Waals surface area contributed by atoms with Gasteiger partial charge in [-0.05, 0) is 55.3 Å². The molecule has 0 atom stereocenters. The Morgan fingerprint density at radius 1 is 1.14 bits per heavy atom. The van der Waals surface area contributed by atoms with Gasteiger partial charge in [-0.1, -0.05) is 40.2 Å². The number of carbonyl (C=O) groups excluding carboxylic acids is 2. The number of rotatable bonds is 5. The number of anilines is 2. The van der Waals surface area contributed by atoms with Gasteiger partial charge in [0.2, 0.25) is 5.91 Å². The third-order valence-corrected chi connectivity index (χ3v) is 5.68. The van der Waals surface area contributed by atoms with Crippen molar-refractivity contribution in [1.82, 2.24) is 4.98 Å². The lowest BCUT2D eigenvalue weighted by molar-refractivity contribution is -0.115. The van der Waals surface area contributed by atoms with Crippen molar-refractivity contribution in [3.8, 4) is 0 Å². The van der Waals surface area contributed by atoms with E-state index >= 15 is 0 Å². The summed E-state index contributed by atoms with van der Waals surface area (Å²) in [5.74, 6) is -0.211. The van der Waals surface area contributed by atoms with Crippen LogP contribution in [-0.4, -0.2) is 16.7 Å². The lowest BCUT2D eigenvalue weighted by Gasteiger charge is -2.21. The fourth-order valence-electron chi connectivity index (χ4n) is 2.74. The van der Waals surface area contributed by atoms with Gasteiger partial charge in [-0.3, -0.25) is 14.5 Å². The first-order valence-electron chi connectivity index (χ1n) is 8.67. The second-order valence-electron chi connectivity index (χ2n) is 6.34. The molecule has 2 aromatic carbocycles. The number of carbonyl (C=O) groups is 2. The number of aryl methyl sites for hydroxylation is 1. The number of ketones is 1. The molecule has 1 aromatic heterocycles. The minimum atomic E-state index is -0.108. The lowest BCUT2D eigenvalue weighted by Crippen LogP contribution is -2.23. The van der Waals surface area contributed by atoms with Gasteiger partial charge in [0.15, 0.2) is 10.9 Å². The molecule has 0 aliphatic carbocycles. The van der Waals surface area contributed by atoms with Gasteiger partial charge < -0.3 is 0 Å². The van der Waals surface area contributed by atoms with Crippen molar-refractivity contribution < 1.29 is 9.59 Å². The standard InChI is InChI=1S/C22H19BrN2O2S/c1-14-6-4-9-20(15(14)2)25(16(3)26)22-24-19(13-28-22)10-11-21(27)17-7-5-8-18(23)12-17/h4-13H,1-3H3. The summed E-state index contributed by atoms with van der Waals surface area (Å²) in [6.07, 6.45) is 3.17. The van der Waals surface area contributed by atoms with E-state index in [1.807, 2.05) is 49.6 Å². The molecule has 0 N–H and O–H groups in total. The number of hydrogen-bond acceptors (Lipinski definition) is 4. The van der Waals surface area contributed by atoms with Crippen LogP contribution in [0.25, 0.3) is 6.08 Å². The second kappa shape index (κ2) is 8.63. The molecule has 0 aliphatic heterocycles. The summed E-state index contributed by atoms with van der Waals surface area (Å²) in [5.41, 5.74) is 4.21. The summed E-state index contributed by atoms with van der Waals surface area (Å²) < 4.78 is 0.855. The summed E-state index contributed by atoms with van der Waals surface area (Å²) in [6, 6.07) is 13.1. The molecular weight excluding hydrogens is 436 g/mol. The van der Waals surface area contributed by atoms with Crippen LogP contribution in [0.15, 0.2) is 58.4 Å². The van der Waals surface area contributed by atoms with Crippen LogP contribution in [-0.2, 0) is 4.79 Å². The SMILES string of the molecule is CC(=O)N(c1nc(C=CC(=O)c2cccc(Br)c2)cs1)c1cccc(C)c1C. The second-order valence-corrected chi connectivity index (χ2v) is 8.09. The average molecular weight is 455 g/mol. The van der Waals surface area contributed by atoms with E-state index in [1.165, 1.54) is 24.3 Å². The van der Waals surface area contributed by atoms with Crippen LogP contribution < -0.4 is 4.90 Å². The Morgan fingerprint density at radius 3 is 2.61 bits per heavy atom. The molecule has 4 nitrogen and oxygen atoms in total. The average Bonchev–Trinajstić information content (AvgIpc) is 3.11. The number of allylic oxidation sites excluding steroid dienone is 1. The highest BCUT2D eigenvalue weighted by atomic mass is 79.9. The van der Waals surface area contributed by atoms with Gasteiger partial charge in [0.05, 0.1) is 11.4 Å². The fraction of sp³-hybridized carbons (Fsp3) is 0.136. The predicted octanol–water partition coefficient (Wildman–Crippen LogP) is 6.10. The van der Waals surface area contributed by atoms with Crippen molar-refractivity contribution in [2.75, 3.05) is 4.90 Å². The molecule has 3 aromatic rings. The van der Waals surface area contributed by atoms with Crippen LogP contribution >= 0.6 is 27.3 Å². The maximum Gasteiger partial charge on any atom is 0.230 e. The molecule has 0 fully saturated rings. The summed E-state index contributed by atoms with van der Waals surface area (Å²) in [6.45, 7) is 5.53. The van der Waals surface area contributed by atoms with Gasteiger partial charge in [-0.25, -0.2) is 4.98 Å². The highest BCUT2D eigenvalue weighted by molar-refractivity contribution is 9.10. The quantitative estimate of drug-likeness (QED) is 0.345. The number of hydrogen-bond donors (Lipinski definition) is 0. The van der Waals surface area contributed by atoms with Crippen LogP contribution in [0, 0.1) is 13.8 Å². The largest absolute Gasteiger partial charge is 0.289 e. The van der Waals surface area contributed by atoms with Crippen LogP contribution in [0.1, 0.15) is 34.1 Å². The van der Waals surface area contributed by atoms with E-state index in [4.69, 9.17) is 0 Å². The fourth-order valence-corrected chi connectivity index (χ4v) is 3.99. The molecule has 0 aliphatic rings. The number of thiazole rings is 1. The number of benzene rings is 2. The Labute approximate surface area is 176 Å². The van der Waals surface area contributed by atoms with Gasteiger partial charge in [-0.2, -0.15) is 0 Å². The van der Waals surface area contributed by atoms with Gasteiger partial charge >= 0.3 is 0 Å².